The largest absolute Gasteiger partial charge is 0.349 e. The van der Waals surface area contributed by atoms with E-state index in [9.17, 15) is 4.79 Å². The van der Waals surface area contributed by atoms with Crippen LogP contribution in [0.4, 0.5) is 0 Å². The smallest absolute Gasteiger partial charge is 0.224 e. The van der Waals surface area contributed by atoms with Crippen molar-refractivity contribution in [3.8, 4) is 0 Å². The Hall–Kier alpha value is -1.84. The Bertz CT molecular complexity index is 805. The molecule has 0 unspecified atom stereocenters. The third kappa shape index (κ3) is 5.12. The molecule has 1 saturated heterocycles. The van der Waals surface area contributed by atoms with Crippen LogP contribution in [-0.2, 0) is 11.3 Å². The van der Waals surface area contributed by atoms with E-state index in [-0.39, 0.29) is 17.9 Å². The summed E-state index contributed by atoms with van der Waals surface area (Å²) < 4.78 is 0. The van der Waals surface area contributed by atoms with Gasteiger partial charge in [-0.3, -0.25) is 9.69 Å². The standard InChI is InChI=1S/C23H29ClN2O/c1-16-10-11-21(17(2)13-16)18(3)25-23(27)20-8-6-12-26(15-20)14-19-7-4-5-9-22(19)24/h4-5,7,9-11,13,18,20H,6,8,12,14-15H2,1-3H3,(H,25,27)/t18-,20+/m1/s1. The number of piperidine rings is 1. The number of halogens is 1. The van der Waals surface area contributed by atoms with Crippen LogP contribution in [0, 0.1) is 19.8 Å². The lowest BCUT2D eigenvalue weighted by atomic mass is 9.95. The van der Waals surface area contributed by atoms with Gasteiger partial charge in [0.1, 0.15) is 0 Å². The van der Waals surface area contributed by atoms with Crippen molar-refractivity contribution in [3.63, 3.8) is 0 Å². The number of aryl methyl sites for hydroxylation is 2. The van der Waals surface area contributed by atoms with E-state index >= 15 is 0 Å². The van der Waals surface area contributed by atoms with Gasteiger partial charge in [0.25, 0.3) is 0 Å². The van der Waals surface area contributed by atoms with Gasteiger partial charge in [-0.1, -0.05) is 53.6 Å². The molecular weight excluding hydrogens is 356 g/mol. The third-order valence-electron chi connectivity index (χ3n) is 5.48. The van der Waals surface area contributed by atoms with Gasteiger partial charge in [0.05, 0.1) is 12.0 Å². The molecule has 144 valence electrons. The average Bonchev–Trinajstić information content (AvgIpc) is 2.63. The monoisotopic (exact) mass is 384 g/mol. The predicted octanol–water partition coefficient (Wildman–Crippen LogP) is 5.05. The lowest BCUT2D eigenvalue weighted by Gasteiger charge is -2.33. The van der Waals surface area contributed by atoms with Gasteiger partial charge in [-0.05, 0) is 62.9 Å². The lowest BCUT2D eigenvalue weighted by molar-refractivity contribution is -0.127. The molecule has 3 rings (SSSR count). The number of hydrogen-bond donors (Lipinski definition) is 1. The van der Waals surface area contributed by atoms with Crippen molar-refractivity contribution in [2.45, 2.75) is 46.2 Å². The van der Waals surface area contributed by atoms with E-state index in [4.69, 9.17) is 11.6 Å². The Kier molecular flexibility index (Phi) is 6.56. The van der Waals surface area contributed by atoms with Crippen molar-refractivity contribution in [2.24, 2.45) is 5.92 Å². The minimum Gasteiger partial charge on any atom is -0.349 e. The zero-order valence-electron chi connectivity index (χ0n) is 16.5. The van der Waals surface area contributed by atoms with Gasteiger partial charge in [0.15, 0.2) is 0 Å². The van der Waals surface area contributed by atoms with Gasteiger partial charge in [-0.2, -0.15) is 0 Å². The molecule has 1 fully saturated rings. The van der Waals surface area contributed by atoms with Crippen LogP contribution >= 0.6 is 11.6 Å². The first kappa shape index (κ1) is 19.9. The highest BCUT2D eigenvalue weighted by Gasteiger charge is 2.27. The summed E-state index contributed by atoms with van der Waals surface area (Å²) in [4.78, 5) is 15.2. The van der Waals surface area contributed by atoms with Crippen molar-refractivity contribution in [3.05, 3.63) is 69.7 Å². The number of nitrogens with one attached hydrogen (secondary N) is 1. The van der Waals surface area contributed by atoms with E-state index in [1.165, 1.54) is 16.7 Å². The van der Waals surface area contributed by atoms with Crippen molar-refractivity contribution in [2.75, 3.05) is 13.1 Å². The topological polar surface area (TPSA) is 32.3 Å². The first-order valence-electron chi connectivity index (χ1n) is 9.77. The molecule has 2 atom stereocenters. The molecule has 1 aliphatic heterocycles. The van der Waals surface area contributed by atoms with E-state index < -0.39 is 0 Å². The Morgan fingerprint density at radius 2 is 2.04 bits per heavy atom. The van der Waals surface area contributed by atoms with Gasteiger partial charge in [0, 0.05) is 18.1 Å². The number of likely N-dealkylation sites (tertiary alicyclic amines) is 1. The number of carbonyl (C=O) groups is 1. The predicted molar refractivity (Wildman–Crippen MR) is 112 cm³/mol. The molecule has 0 spiro atoms. The molecule has 3 nitrogen and oxygen atoms in total. The molecule has 0 saturated carbocycles. The number of benzene rings is 2. The van der Waals surface area contributed by atoms with Crippen molar-refractivity contribution in [1.29, 1.82) is 0 Å². The molecule has 0 aliphatic carbocycles. The highest BCUT2D eigenvalue weighted by Crippen LogP contribution is 2.24. The number of carbonyl (C=O) groups excluding carboxylic acids is 1. The Morgan fingerprint density at radius 3 is 2.78 bits per heavy atom. The van der Waals surface area contributed by atoms with Gasteiger partial charge in [0.2, 0.25) is 5.91 Å². The fourth-order valence-electron chi connectivity index (χ4n) is 4.00. The summed E-state index contributed by atoms with van der Waals surface area (Å²) in [6.45, 7) is 8.88. The molecule has 1 heterocycles. The van der Waals surface area contributed by atoms with Crippen LogP contribution in [0.25, 0.3) is 0 Å². The molecule has 2 aromatic rings. The van der Waals surface area contributed by atoms with Gasteiger partial charge < -0.3 is 5.32 Å². The molecule has 0 radical (unpaired) electrons. The van der Waals surface area contributed by atoms with E-state index in [0.29, 0.717) is 0 Å². The van der Waals surface area contributed by atoms with Crippen molar-refractivity contribution in [1.82, 2.24) is 10.2 Å². The van der Waals surface area contributed by atoms with Gasteiger partial charge >= 0.3 is 0 Å². The summed E-state index contributed by atoms with van der Waals surface area (Å²) in [5.74, 6) is 0.195. The number of rotatable bonds is 5. The first-order chi connectivity index (χ1) is 12.9. The van der Waals surface area contributed by atoms with Crippen molar-refractivity contribution >= 4 is 17.5 Å². The van der Waals surface area contributed by atoms with Crippen molar-refractivity contribution < 1.29 is 4.79 Å². The van der Waals surface area contributed by atoms with E-state index in [2.05, 4.69) is 55.3 Å². The highest BCUT2D eigenvalue weighted by molar-refractivity contribution is 6.31. The molecule has 27 heavy (non-hydrogen) atoms. The van der Waals surface area contributed by atoms with Crippen LogP contribution in [0.15, 0.2) is 42.5 Å². The molecule has 4 heteroatoms. The minimum atomic E-state index is 0.0250. The highest BCUT2D eigenvalue weighted by atomic mass is 35.5. The summed E-state index contributed by atoms with van der Waals surface area (Å²) in [5, 5.41) is 4.03. The average molecular weight is 385 g/mol. The maximum Gasteiger partial charge on any atom is 0.224 e. The second-order valence-corrected chi connectivity index (χ2v) is 8.16. The lowest BCUT2D eigenvalue weighted by Crippen LogP contribution is -2.43. The summed E-state index contributed by atoms with van der Waals surface area (Å²) in [5.41, 5.74) is 4.80. The summed E-state index contributed by atoms with van der Waals surface area (Å²) in [6.07, 6.45) is 1.99. The Morgan fingerprint density at radius 1 is 1.26 bits per heavy atom. The Balaban J connectivity index is 1.60. The number of amides is 1. The summed E-state index contributed by atoms with van der Waals surface area (Å²) in [6, 6.07) is 14.4. The minimum absolute atomic E-state index is 0.0250. The van der Waals surface area contributed by atoms with Gasteiger partial charge in [-0.15, -0.1) is 0 Å². The third-order valence-corrected chi connectivity index (χ3v) is 5.85. The van der Waals surface area contributed by atoms with Crippen LogP contribution in [-0.4, -0.2) is 23.9 Å². The van der Waals surface area contributed by atoms with Crippen LogP contribution in [0.2, 0.25) is 5.02 Å². The molecule has 1 N–H and O–H groups in total. The van der Waals surface area contributed by atoms with E-state index in [1.807, 2.05) is 18.2 Å². The molecular formula is C23H29ClN2O. The quantitative estimate of drug-likeness (QED) is 0.782. The molecule has 1 aliphatic rings. The van der Waals surface area contributed by atoms with Crippen LogP contribution in [0.3, 0.4) is 0 Å². The number of nitrogens with zero attached hydrogens (tertiary/aromatic N) is 1. The fourth-order valence-corrected chi connectivity index (χ4v) is 4.20. The number of hydrogen-bond acceptors (Lipinski definition) is 2. The normalized spacial score (nSPS) is 18.9. The molecule has 1 amide bonds. The fraction of sp³-hybridized carbons (Fsp3) is 0.435. The zero-order chi connectivity index (χ0) is 19.4. The summed E-state index contributed by atoms with van der Waals surface area (Å²) >= 11 is 6.30. The SMILES string of the molecule is Cc1ccc([C@@H](C)NC(=O)[C@H]2CCCN(Cc3ccccc3Cl)C2)c(C)c1. The van der Waals surface area contributed by atoms with Crippen LogP contribution < -0.4 is 5.32 Å². The first-order valence-corrected chi connectivity index (χ1v) is 10.1. The molecule has 0 aromatic heterocycles. The second kappa shape index (κ2) is 8.90. The Labute approximate surface area is 167 Å². The van der Waals surface area contributed by atoms with Crippen LogP contribution in [0.5, 0.6) is 0 Å². The maximum atomic E-state index is 12.9. The molecule has 2 aromatic carbocycles. The molecule has 0 bridgehead atoms. The van der Waals surface area contributed by atoms with E-state index in [1.54, 1.807) is 0 Å². The second-order valence-electron chi connectivity index (χ2n) is 7.76. The van der Waals surface area contributed by atoms with Gasteiger partial charge in [-0.25, -0.2) is 0 Å². The maximum absolute atomic E-state index is 12.9. The summed E-state index contributed by atoms with van der Waals surface area (Å²) in [7, 11) is 0. The van der Waals surface area contributed by atoms with Crippen LogP contribution in [0.1, 0.15) is 48.1 Å². The van der Waals surface area contributed by atoms with E-state index in [0.717, 1.165) is 43.1 Å². The zero-order valence-corrected chi connectivity index (χ0v) is 17.2.